The quantitative estimate of drug-likeness (QED) is 0.810. The van der Waals surface area contributed by atoms with E-state index in [-0.39, 0.29) is 17.9 Å². The maximum Gasteiger partial charge on any atom is 0.227 e. The van der Waals surface area contributed by atoms with Crippen LogP contribution in [0.3, 0.4) is 0 Å². The van der Waals surface area contributed by atoms with Gasteiger partial charge in [-0.15, -0.1) is 0 Å². The van der Waals surface area contributed by atoms with E-state index in [1.165, 1.54) is 0 Å². The Morgan fingerprint density at radius 1 is 1.41 bits per heavy atom. The van der Waals surface area contributed by atoms with E-state index in [2.05, 4.69) is 15.5 Å². The van der Waals surface area contributed by atoms with Gasteiger partial charge in [0.15, 0.2) is 0 Å². The number of nitrogens with one attached hydrogen (secondary N) is 2. The molecule has 4 N–H and O–H groups in total. The SMILES string of the molecule is CC(C(=O)NC1CC(c2cc(N)n[nH]2)C1)c1ccc(Cl)cc1. The van der Waals surface area contributed by atoms with Gasteiger partial charge in [-0.2, -0.15) is 5.10 Å². The van der Waals surface area contributed by atoms with Crippen LogP contribution in [-0.4, -0.2) is 22.1 Å². The number of nitrogens with two attached hydrogens (primary N) is 1. The zero-order chi connectivity index (χ0) is 15.7. The van der Waals surface area contributed by atoms with Gasteiger partial charge in [0.05, 0.1) is 5.92 Å². The maximum absolute atomic E-state index is 12.3. The van der Waals surface area contributed by atoms with Gasteiger partial charge in [-0.3, -0.25) is 9.89 Å². The molecule has 22 heavy (non-hydrogen) atoms. The molecule has 2 aromatic rings. The number of hydrogen-bond acceptors (Lipinski definition) is 3. The van der Waals surface area contributed by atoms with Crippen LogP contribution in [0.25, 0.3) is 0 Å². The number of nitrogen functional groups attached to an aromatic ring is 1. The fourth-order valence-electron chi connectivity index (χ4n) is 2.78. The number of aromatic nitrogens is 2. The molecule has 116 valence electrons. The van der Waals surface area contributed by atoms with Gasteiger partial charge >= 0.3 is 0 Å². The maximum atomic E-state index is 12.3. The highest BCUT2D eigenvalue weighted by molar-refractivity contribution is 6.30. The Bertz CT molecular complexity index is 661. The van der Waals surface area contributed by atoms with Crippen molar-refractivity contribution >= 4 is 23.3 Å². The molecule has 1 atom stereocenters. The molecule has 6 heteroatoms. The number of rotatable bonds is 4. The Labute approximate surface area is 134 Å². The van der Waals surface area contributed by atoms with Crippen LogP contribution in [0.1, 0.15) is 42.9 Å². The van der Waals surface area contributed by atoms with Crippen molar-refractivity contribution in [2.24, 2.45) is 0 Å². The molecule has 1 unspecified atom stereocenters. The number of anilines is 1. The van der Waals surface area contributed by atoms with E-state index in [1.807, 2.05) is 37.3 Å². The minimum atomic E-state index is -0.181. The summed E-state index contributed by atoms with van der Waals surface area (Å²) in [6.07, 6.45) is 1.83. The van der Waals surface area contributed by atoms with Crippen LogP contribution in [0.15, 0.2) is 30.3 Å². The summed E-state index contributed by atoms with van der Waals surface area (Å²) in [6.45, 7) is 1.91. The molecule has 0 aliphatic heterocycles. The Kier molecular flexibility index (Phi) is 4.07. The zero-order valence-corrected chi connectivity index (χ0v) is 13.1. The van der Waals surface area contributed by atoms with Crippen molar-refractivity contribution < 1.29 is 4.79 Å². The summed E-state index contributed by atoms with van der Waals surface area (Å²) in [4.78, 5) is 12.3. The van der Waals surface area contributed by atoms with E-state index < -0.39 is 0 Å². The fourth-order valence-corrected chi connectivity index (χ4v) is 2.91. The highest BCUT2D eigenvalue weighted by Crippen LogP contribution is 2.36. The third-order valence-electron chi connectivity index (χ3n) is 4.31. The topological polar surface area (TPSA) is 83.8 Å². The largest absolute Gasteiger partial charge is 0.382 e. The van der Waals surface area contributed by atoms with E-state index in [1.54, 1.807) is 0 Å². The molecule has 1 saturated carbocycles. The normalized spacial score (nSPS) is 21.9. The lowest BCUT2D eigenvalue weighted by Crippen LogP contribution is -2.44. The van der Waals surface area contributed by atoms with E-state index in [0.29, 0.717) is 16.8 Å². The van der Waals surface area contributed by atoms with Crippen LogP contribution >= 0.6 is 11.6 Å². The number of hydrogen-bond donors (Lipinski definition) is 3. The second-order valence-corrected chi connectivity index (χ2v) is 6.33. The molecule has 1 fully saturated rings. The molecule has 0 saturated heterocycles. The van der Waals surface area contributed by atoms with Crippen LogP contribution < -0.4 is 11.1 Å². The van der Waals surface area contributed by atoms with Gasteiger partial charge in [0.25, 0.3) is 0 Å². The van der Waals surface area contributed by atoms with Crippen molar-refractivity contribution in [3.8, 4) is 0 Å². The van der Waals surface area contributed by atoms with Crippen molar-refractivity contribution in [3.05, 3.63) is 46.6 Å². The Morgan fingerprint density at radius 2 is 2.09 bits per heavy atom. The first-order chi connectivity index (χ1) is 10.5. The molecule has 3 rings (SSSR count). The summed E-state index contributed by atoms with van der Waals surface area (Å²) >= 11 is 5.87. The first kappa shape index (κ1) is 14.9. The van der Waals surface area contributed by atoms with E-state index in [9.17, 15) is 4.79 Å². The Balaban J connectivity index is 1.52. The average Bonchev–Trinajstić information content (AvgIpc) is 2.88. The molecule has 0 bridgehead atoms. The molecule has 0 spiro atoms. The molecular formula is C16H19ClN4O. The third kappa shape index (κ3) is 3.09. The van der Waals surface area contributed by atoms with Crippen molar-refractivity contribution in [1.29, 1.82) is 0 Å². The Hall–Kier alpha value is -2.01. The predicted octanol–water partition coefficient (Wildman–Crippen LogP) is 2.81. The average molecular weight is 319 g/mol. The molecule has 1 aliphatic carbocycles. The summed E-state index contributed by atoms with van der Waals surface area (Å²) in [6, 6.07) is 9.48. The van der Waals surface area contributed by atoms with Crippen LogP contribution in [0, 0.1) is 0 Å². The van der Waals surface area contributed by atoms with Gasteiger partial charge in [0, 0.05) is 28.7 Å². The number of nitrogens with zero attached hydrogens (tertiary/aromatic N) is 1. The number of H-pyrrole nitrogens is 1. The summed E-state index contributed by atoms with van der Waals surface area (Å²) in [5.74, 6) is 0.786. The minimum absolute atomic E-state index is 0.0508. The van der Waals surface area contributed by atoms with E-state index >= 15 is 0 Å². The first-order valence-corrected chi connectivity index (χ1v) is 7.77. The summed E-state index contributed by atoms with van der Waals surface area (Å²) in [5.41, 5.74) is 7.62. The van der Waals surface area contributed by atoms with Gasteiger partial charge in [-0.25, -0.2) is 0 Å². The van der Waals surface area contributed by atoms with Crippen LogP contribution in [0.4, 0.5) is 5.82 Å². The first-order valence-electron chi connectivity index (χ1n) is 7.39. The summed E-state index contributed by atoms with van der Waals surface area (Å²) in [5, 5.41) is 10.6. The van der Waals surface area contributed by atoms with Gasteiger partial charge in [0.1, 0.15) is 5.82 Å². The second-order valence-electron chi connectivity index (χ2n) is 5.90. The number of amides is 1. The highest BCUT2D eigenvalue weighted by Gasteiger charge is 2.33. The molecule has 1 aromatic carbocycles. The van der Waals surface area contributed by atoms with Crippen LogP contribution in [0.5, 0.6) is 0 Å². The van der Waals surface area contributed by atoms with E-state index in [4.69, 9.17) is 17.3 Å². The number of carbonyl (C=O) groups excluding carboxylic acids is 1. The Morgan fingerprint density at radius 3 is 2.68 bits per heavy atom. The molecule has 1 heterocycles. The van der Waals surface area contributed by atoms with Crippen molar-refractivity contribution in [1.82, 2.24) is 15.5 Å². The lowest BCUT2D eigenvalue weighted by atomic mass is 9.78. The van der Waals surface area contributed by atoms with Crippen molar-refractivity contribution in [2.45, 2.75) is 37.6 Å². The summed E-state index contributed by atoms with van der Waals surface area (Å²) in [7, 11) is 0. The number of aromatic amines is 1. The monoisotopic (exact) mass is 318 g/mol. The molecule has 0 radical (unpaired) electrons. The predicted molar refractivity (Wildman–Crippen MR) is 86.8 cm³/mol. The minimum Gasteiger partial charge on any atom is -0.382 e. The molecule has 1 aliphatic rings. The number of benzene rings is 1. The van der Waals surface area contributed by atoms with Gasteiger partial charge in [-0.05, 0) is 37.5 Å². The smallest absolute Gasteiger partial charge is 0.227 e. The molecular weight excluding hydrogens is 300 g/mol. The third-order valence-corrected chi connectivity index (χ3v) is 4.56. The molecule has 1 aromatic heterocycles. The highest BCUT2D eigenvalue weighted by atomic mass is 35.5. The van der Waals surface area contributed by atoms with Crippen LogP contribution in [-0.2, 0) is 4.79 Å². The number of halogens is 1. The van der Waals surface area contributed by atoms with E-state index in [0.717, 1.165) is 24.1 Å². The lowest BCUT2D eigenvalue weighted by molar-refractivity contribution is -0.123. The van der Waals surface area contributed by atoms with Crippen LogP contribution in [0.2, 0.25) is 5.02 Å². The van der Waals surface area contributed by atoms with Crippen molar-refractivity contribution in [3.63, 3.8) is 0 Å². The standard InChI is InChI=1S/C16H19ClN4O/c1-9(10-2-4-12(17)5-3-10)16(22)19-13-6-11(7-13)14-8-15(18)21-20-14/h2-5,8-9,11,13H,6-7H2,1H3,(H,19,22)(H3,18,20,21). The second kappa shape index (κ2) is 6.01. The molecule has 5 nitrogen and oxygen atoms in total. The van der Waals surface area contributed by atoms with Crippen molar-refractivity contribution in [2.75, 3.05) is 5.73 Å². The molecule has 1 amide bonds. The lowest BCUT2D eigenvalue weighted by Gasteiger charge is -2.35. The van der Waals surface area contributed by atoms with Gasteiger partial charge in [-0.1, -0.05) is 23.7 Å². The fraction of sp³-hybridized carbons (Fsp3) is 0.375. The van der Waals surface area contributed by atoms with Gasteiger partial charge < -0.3 is 11.1 Å². The number of carbonyl (C=O) groups is 1. The summed E-state index contributed by atoms with van der Waals surface area (Å²) < 4.78 is 0. The van der Waals surface area contributed by atoms with Gasteiger partial charge in [0.2, 0.25) is 5.91 Å². The zero-order valence-electron chi connectivity index (χ0n) is 12.3.